The normalized spacial score (nSPS) is 25.1. The molecular weight excluding hydrogens is 252 g/mol. The lowest BCUT2D eigenvalue weighted by Gasteiger charge is -2.34. The van der Waals surface area contributed by atoms with E-state index < -0.39 is 5.97 Å². The Morgan fingerprint density at radius 3 is 2.45 bits per heavy atom. The topological polar surface area (TPSA) is 52.6 Å². The van der Waals surface area contributed by atoms with Crippen LogP contribution in [0.5, 0.6) is 0 Å². The molecule has 2 N–H and O–H groups in total. The van der Waals surface area contributed by atoms with Crippen molar-refractivity contribution in [1.29, 1.82) is 0 Å². The molecule has 1 aliphatic rings. The quantitative estimate of drug-likeness (QED) is 0.719. The monoisotopic (exact) mass is 284 g/mol. The first kappa shape index (κ1) is 17.4. The molecule has 1 saturated carbocycles. The second-order valence-corrected chi connectivity index (χ2v) is 6.41. The Balaban J connectivity index is 2.48. The highest BCUT2D eigenvalue weighted by Crippen LogP contribution is 2.25. The van der Waals surface area contributed by atoms with E-state index in [0.29, 0.717) is 18.0 Å². The molecule has 118 valence electrons. The van der Waals surface area contributed by atoms with Gasteiger partial charge < -0.3 is 15.3 Å². The minimum atomic E-state index is -0.624. The summed E-state index contributed by atoms with van der Waals surface area (Å²) in [6.07, 6.45) is 6.18. The number of nitrogens with one attached hydrogen (secondary N) is 1. The number of hydrogen-bond donors (Lipinski definition) is 2. The minimum absolute atomic E-state index is 0.146. The Labute approximate surface area is 123 Å². The first-order chi connectivity index (χ1) is 9.49. The first-order valence-electron chi connectivity index (χ1n) is 8.12. The van der Waals surface area contributed by atoms with E-state index in [1.165, 1.54) is 12.8 Å². The van der Waals surface area contributed by atoms with Gasteiger partial charge in [0.05, 0.1) is 5.92 Å². The predicted octanol–water partition coefficient (Wildman–Crippen LogP) is 2.59. The van der Waals surface area contributed by atoms with Crippen LogP contribution in [0.4, 0.5) is 0 Å². The van der Waals surface area contributed by atoms with E-state index in [4.69, 9.17) is 5.11 Å². The summed E-state index contributed by atoms with van der Waals surface area (Å²) in [5.41, 5.74) is 0. The van der Waals surface area contributed by atoms with Crippen LogP contribution in [0.2, 0.25) is 0 Å². The number of carboxylic acids is 1. The van der Waals surface area contributed by atoms with Gasteiger partial charge >= 0.3 is 5.97 Å². The van der Waals surface area contributed by atoms with Crippen LogP contribution < -0.4 is 5.32 Å². The Kier molecular flexibility index (Phi) is 7.52. The average Bonchev–Trinajstić information content (AvgIpc) is 2.43. The smallest absolute Gasteiger partial charge is 0.306 e. The molecule has 1 aliphatic carbocycles. The zero-order valence-electron chi connectivity index (χ0n) is 13.6. The Bertz CT molecular complexity index is 290. The van der Waals surface area contributed by atoms with E-state index >= 15 is 0 Å². The van der Waals surface area contributed by atoms with Crippen molar-refractivity contribution in [3.8, 4) is 0 Å². The van der Waals surface area contributed by atoms with Crippen LogP contribution in [0, 0.1) is 11.8 Å². The zero-order valence-corrected chi connectivity index (χ0v) is 13.6. The second-order valence-electron chi connectivity index (χ2n) is 6.41. The van der Waals surface area contributed by atoms with Crippen molar-refractivity contribution < 1.29 is 9.90 Å². The lowest BCUT2D eigenvalue weighted by molar-refractivity contribution is -0.143. The van der Waals surface area contributed by atoms with E-state index in [-0.39, 0.29) is 5.92 Å². The number of carbonyl (C=O) groups is 1. The van der Waals surface area contributed by atoms with Crippen molar-refractivity contribution in [2.75, 3.05) is 20.6 Å². The van der Waals surface area contributed by atoms with Crippen molar-refractivity contribution in [1.82, 2.24) is 10.2 Å². The number of rotatable bonds is 8. The third-order valence-electron chi connectivity index (χ3n) is 4.90. The highest BCUT2D eigenvalue weighted by molar-refractivity contribution is 5.70. The maximum atomic E-state index is 11.1. The molecule has 4 nitrogen and oxygen atoms in total. The van der Waals surface area contributed by atoms with Gasteiger partial charge in [0.25, 0.3) is 0 Å². The molecule has 0 aliphatic heterocycles. The molecular formula is C16H32N2O2. The van der Waals surface area contributed by atoms with Gasteiger partial charge in [-0.3, -0.25) is 4.79 Å². The summed E-state index contributed by atoms with van der Waals surface area (Å²) in [7, 11) is 4.29. The van der Waals surface area contributed by atoms with Gasteiger partial charge in [0.2, 0.25) is 0 Å². The van der Waals surface area contributed by atoms with Crippen LogP contribution in [0.1, 0.15) is 52.4 Å². The molecule has 1 rings (SSSR count). The number of aliphatic carboxylic acids is 1. The fourth-order valence-corrected chi connectivity index (χ4v) is 3.49. The van der Waals surface area contributed by atoms with Crippen LogP contribution in [0.15, 0.2) is 0 Å². The van der Waals surface area contributed by atoms with E-state index in [0.717, 1.165) is 32.2 Å². The summed E-state index contributed by atoms with van der Waals surface area (Å²) < 4.78 is 0. The summed E-state index contributed by atoms with van der Waals surface area (Å²) in [6.45, 7) is 5.48. The van der Waals surface area contributed by atoms with Gasteiger partial charge in [-0.2, -0.15) is 0 Å². The molecule has 4 heteroatoms. The SMILES string of the molecule is CCC(CC)C(CNC1CCCC(C(=O)O)C1)N(C)C. The Hall–Kier alpha value is -0.610. The molecule has 0 aromatic rings. The molecule has 0 aromatic carbocycles. The molecule has 1 fully saturated rings. The largest absolute Gasteiger partial charge is 0.481 e. The Morgan fingerprint density at radius 2 is 1.95 bits per heavy atom. The number of nitrogens with zero attached hydrogens (tertiary/aromatic N) is 1. The highest BCUT2D eigenvalue weighted by atomic mass is 16.4. The molecule has 0 spiro atoms. The molecule has 20 heavy (non-hydrogen) atoms. The van der Waals surface area contributed by atoms with Crippen molar-refractivity contribution in [3.63, 3.8) is 0 Å². The summed E-state index contributed by atoms with van der Waals surface area (Å²) in [5, 5.41) is 12.8. The molecule has 0 radical (unpaired) electrons. The van der Waals surface area contributed by atoms with Crippen LogP contribution >= 0.6 is 0 Å². The van der Waals surface area contributed by atoms with E-state index in [1.54, 1.807) is 0 Å². The van der Waals surface area contributed by atoms with Gasteiger partial charge in [-0.05, 0) is 39.3 Å². The lowest BCUT2D eigenvalue weighted by atomic mass is 9.85. The highest BCUT2D eigenvalue weighted by Gasteiger charge is 2.28. The van der Waals surface area contributed by atoms with Gasteiger partial charge in [0, 0.05) is 18.6 Å². The summed E-state index contributed by atoms with van der Waals surface area (Å²) in [4.78, 5) is 13.4. The average molecular weight is 284 g/mol. The number of likely N-dealkylation sites (N-methyl/N-ethyl adjacent to an activating group) is 1. The van der Waals surface area contributed by atoms with Gasteiger partial charge in [-0.25, -0.2) is 0 Å². The summed E-state index contributed by atoms with van der Waals surface area (Å²) >= 11 is 0. The Morgan fingerprint density at radius 1 is 1.30 bits per heavy atom. The zero-order chi connectivity index (χ0) is 15.1. The van der Waals surface area contributed by atoms with Crippen LogP contribution in [0.3, 0.4) is 0 Å². The van der Waals surface area contributed by atoms with Crippen molar-refractivity contribution in [3.05, 3.63) is 0 Å². The van der Waals surface area contributed by atoms with Crippen LogP contribution in [0.25, 0.3) is 0 Å². The molecule has 3 atom stereocenters. The maximum absolute atomic E-state index is 11.1. The maximum Gasteiger partial charge on any atom is 0.306 e. The number of hydrogen-bond acceptors (Lipinski definition) is 3. The second kappa shape index (κ2) is 8.63. The van der Waals surface area contributed by atoms with Crippen molar-refractivity contribution in [2.45, 2.75) is 64.5 Å². The predicted molar refractivity (Wildman–Crippen MR) is 82.9 cm³/mol. The molecule has 0 aromatic heterocycles. The van der Waals surface area contributed by atoms with E-state index in [1.807, 2.05) is 0 Å². The van der Waals surface area contributed by atoms with Gasteiger partial charge in [0.15, 0.2) is 0 Å². The van der Waals surface area contributed by atoms with Crippen LogP contribution in [-0.2, 0) is 4.79 Å². The van der Waals surface area contributed by atoms with Crippen LogP contribution in [-0.4, -0.2) is 48.7 Å². The van der Waals surface area contributed by atoms with E-state index in [9.17, 15) is 4.79 Å². The standard InChI is InChI=1S/C16H32N2O2/c1-5-12(6-2)15(18(3)4)11-17-14-9-7-8-13(10-14)16(19)20/h12-15,17H,5-11H2,1-4H3,(H,19,20). The van der Waals surface area contributed by atoms with Crippen molar-refractivity contribution >= 4 is 5.97 Å². The number of carboxylic acid groups (broad SMARTS) is 1. The van der Waals surface area contributed by atoms with Gasteiger partial charge in [-0.1, -0.05) is 33.1 Å². The molecule has 0 amide bonds. The molecule has 0 saturated heterocycles. The third-order valence-corrected chi connectivity index (χ3v) is 4.90. The first-order valence-corrected chi connectivity index (χ1v) is 8.12. The van der Waals surface area contributed by atoms with Gasteiger partial charge in [0.1, 0.15) is 0 Å². The third kappa shape index (κ3) is 5.06. The lowest BCUT2D eigenvalue weighted by Crippen LogP contribution is -2.47. The molecule has 3 unspecified atom stereocenters. The van der Waals surface area contributed by atoms with E-state index in [2.05, 4.69) is 38.2 Å². The van der Waals surface area contributed by atoms with Gasteiger partial charge in [-0.15, -0.1) is 0 Å². The molecule has 0 heterocycles. The minimum Gasteiger partial charge on any atom is -0.481 e. The fraction of sp³-hybridized carbons (Fsp3) is 0.938. The fourth-order valence-electron chi connectivity index (χ4n) is 3.49. The van der Waals surface area contributed by atoms with Crippen molar-refractivity contribution in [2.24, 2.45) is 11.8 Å². The summed E-state index contributed by atoms with van der Waals surface area (Å²) in [6, 6.07) is 0.914. The summed E-state index contributed by atoms with van der Waals surface area (Å²) in [5.74, 6) is -0.0655. The molecule has 0 bridgehead atoms.